The van der Waals surface area contributed by atoms with Crippen LogP contribution in [-0.2, 0) is 11.2 Å². The maximum absolute atomic E-state index is 13.8. The molecule has 5 heteroatoms. The predicted octanol–water partition coefficient (Wildman–Crippen LogP) is 6.59. The molecule has 188 valence electrons. The van der Waals surface area contributed by atoms with Crippen LogP contribution < -0.4 is 14.8 Å². The van der Waals surface area contributed by atoms with Gasteiger partial charge in [0.1, 0.15) is 11.5 Å². The second-order valence-corrected chi connectivity index (χ2v) is 10.1. The van der Waals surface area contributed by atoms with Crippen LogP contribution in [0.1, 0.15) is 76.8 Å². The Balaban J connectivity index is 2.43. The second-order valence-electron chi connectivity index (χ2n) is 10.1. The number of hydrogen-bond donors (Lipinski definition) is 2. The monoisotopic (exact) mass is 469 g/mol. The molecule has 0 fully saturated rings. The maximum Gasteiger partial charge on any atom is 0.228 e. The maximum atomic E-state index is 13.8. The number of aliphatic hydroxyl groups excluding tert-OH is 1. The van der Waals surface area contributed by atoms with Gasteiger partial charge in [-0.3, -0.25) is 4.79 Å². The van der Waals surface area contributed by atoms with Gasteiger partial charge in [0.15, 0.2) is 0 Å². The first-order valence-corrected chi connectivity index (χ1v) is 12.5. The predicted molar refractivity (Wildman–Crippen MR) is 140 cm³/mol. The van der Waals surface area contributed by atoms with E-state index in [0.29, 0.717) is 6.42 Å². The normalized spacial score (nSPS) is 13.3. The van der Waals surface area contributed by atoms with E-state index < -0.39 is 0 Å². The summed E-state index contributed by atoms with van der Waals surface area (Å²) in [7, 11) is 3.32. The van der Waals surface area contributed by atoms with Gasteiger partial charge in [-0.25, -0.2) is 0 Å². The molecule has 2 aromatic rings. The first kappa shape index (κ1) is 27.7. The summed E-state index contributed by atoms with van der Waals surface area (Å²) in [4.78, 5) is 13.8. The lowest BCUT2D eigenvalue weighted by molar-refractivity contribution is -0.124. The van der Waals surface area contributed by atoms with E-state index in [1.165, 1.54) is 0 Å². The van der Waals surface area contributed by atoms with E-state index in [4.69, 9.17) is 14.6 Å². The van der Waals surface area contributed by atoms with Crippen LogP contribution in [0.25, 0.3) is 0 Å². The third-order valence-electron chi connectivity index (χ3n) is 6.39. The van der Waals surface area contributed by atoms with Crippen molar-refractivity contribution in [3.05, 3.63) is 53.6 Å². The Morgan fingerprint density at radius 1 is 1.03 bits per heavy atom. The van der Waals surface area contributed by atoms with E-state index in [1.807, 2.05) is 36.4 Å². The lowest BCUT2D eigenvalue weighted by Gasteiger charge is -2.37. The molecule has 5 nitrogen and oxygen atoms in total. The molecule has 2 rings (SSSR count). The molecule has 34 heavy (non-hydrogen) atoms. The smallest absolute Gasteiger partial charge is 0.228 e. The fourth-order valence-electron chi connectivity index (χ4n) is 4.73. The van der Waals surface area contributed by atoms with Gasteiger partial charge < -0.3 is 19.9 Å². The molecule has 2 aromatic carbocycles. The molecular formula is C29H43NO4. The molecule has 0 spiro atoms. The van der Waals surface area contributed by atoms with Gasteiger partial charge in [0.05, 0.1) is 20.1 Å². The number of aliphatic hydroxyl groups is 1. The van der Waals surface area contributed by atoms with Gasteiger partial charge >= 0.3 is 0 Å². The molecule has 0 aromatic heterocycles. The van der Waals surface area contributed by atoms with Crippen LogP contribution in [0.2, 0.25) is 0 Å². The Kier molecular flexibility index (Phi) is 10.9. The number of anilines is 1. The van der Waals surface area contributed by atoms with Gasteiger partial charge in [-0.2, -0.15) is 0 Å². The summed E-state index contributed by atoms with van der Waals surface area (Å²) in [6, 6.07) is 13.8. The lowest BCUT2D eigenvalue weighted by atomic mass is 9.68. The van der Waals surface area contributed by atoms with E-state index in [2.05, 4.69) is 39.1 Å². The standard InChI is InChI=1S/C29H43NO4/c1-7-8-9-15-25(24-17-16-23(33-5)20-26(24)34-6)27(29(2,3)4)28(32)30-22-14-10-12-21(19-22)13-11-18-31/h10,12,14,16-17,19-20,25,27,31H,7-9,11,13,15,18H2,1-6H3,(H,30,32). The highest BCUT2D eigenvalue weighted by atomic mass is 16.5. The number of aryl methyl sites for hydroxylation is 1. The third-order valence-corrected chi connectivity index (χ3v) is 6.39. The van der Waals surface area contributed by atoms with E-state index in [0.717, 1.165) is 60.4 Å². The quantitative estimate of drug-likeness (QED) is 0.325. The van der Waals surface area contributed by atoms with Crippen LogP contribution >= 0.6 is 0 Å². The Labute approximate surface area is 205 Å². The van der Waals surface area contributed by atoms with Crippen molar-refractivity contribution < 1.29 is 19.4 Å². The van der Waals surface area contributed by atoms with Crippen molar-refractivity contribution in [2.24, 2.45) is 11.3 Å². The Morgan fingerprint density at radius 3 is 2.41 bits per heavy atom. The van der Waals surface area contributed by atoms with E-state index in [9.17, 15) is 4.79 Å². The molecule has 0 aliphatic carbocycles. The van der Waals surface area contributed by atoms with Crippen LogP contribution in [-0.4, -0.2) is 31.8 Å². The molecule has 0 heterocycles. The van der Waals surface area contributed by atoms with Gasteiger partial charge in [0.2, 0.25) is 5.91 Å². The molecule has 1 amide bonds. The van der Waals surface area contributed by atoms with Crippen molar-refractivity contribution in [1.29, 1.82) is 0 Å². The highest BCUT2D eigenvalue weighted by Gasteiger charge is 2.39. The molecule has 2 N–H and O–H groups in total. The third kappa shape index (κ3) is 7.76. The zero-order chi connectivity index (χ0) is 25.1. The van der Waals surface area contributed by atoms with Gasteiger partial charge in [-0.05, 0) is 59.9 Å². The molecule has 0 saturated heterocycles. The number of methoxy groups -OCH3 is 2. The number of carbonyl (C=O) groups is 1. The Hall–Kier alpha value is -2.53. The van der Waals surface area contributed by atoms with Gasteiger partial charge in [-0.15, -0.1) is 0 Å². The molecule has 0 saturated carbocycles. The zero-order valence-corrected chi connectivity index (χ0v) is 21.8. The summed E-state index contributed by atoms with van der Waals surface area (Å²) in [5.74, 6) is 1.27. The number of benzene rings is 2. The fraction of sp³-hybridized carbons (Fsp3) is 0.552. The minimum Gasteiger partial charge on any atom is -0.497 e. The Bertz CT molecular complexity index is 903. The molecule has 2 atom stereocenters. The first-order valence-electron chi connectivity index (χ1n) is 12.5. The highest BCUT2D eigenvalue weighted by Crippen LogP contribution is 2.45. The van der Waals surface area contributed by atoms with Gasteiger partial charge in [0.25, 0.3) is 0 Å². The van der Waals surface area contributed by atoms with E-state index in [-0.39, 0.29) is 29.8 Å². The summed E-state index contributed by atoms with van der Waals surface area (Å²) >= 11 is 0. The number of carbonyl (C=O) groups excluding carboxylic acids is 1. The van der Waals surface area contributed by atoms with Crippen molar-refractivity contribution >= 4 is 11.6 Å². The number of rotatable bonds is 13. The van der Waals surface area contributed by atoms with E-state index >= 15 is 0 Å². The van der Waals surface area contributed by atoms with Crippen molar-refractivity contribution in [3.63, 3.8) is 0 Å². The number of hydrogen-bond acceptors (Lipinski definition) is 4. The summed E-state index contributed by atoms with van der Waals surface area (Å²) in [6.45, 7) is 8.76. The average Bonchev–Trinajstić information content (AvgIpc) is 2.81. The second kappa shape index (κ2) is 13.4. The van der Waals surface area contributed by atoms with Crippen LogP contribution in [0.5, 0.6) is 11.5 Å². The zero-order valence-electron chi connectivity index (χ0n) is 21.8. The number of nitrogens with one attached hydrogen (secondary N) is 1. The Morgan fingerprint density at radius 2 is 1.79 bits per heavy atom. The molecule has 2 unspecified atom stereocenters. The van der Waals surface area contributed by atoms with Crippen LogP contribution in [0.3, 0.4) is 0 Å². The fourth-order valence-corrected chi connectivity index (χ4v) is 4.73. The van der Waals surface area contributed by atoms with Crippen molar-refractivity contribution in [1.82, 2.24) is 0 Å². The average molecular weight is 470 g/mol. The lowest BCUT2D eigenvalue weighted by Crippen LogP contribution is -2.38. The summed E-state index contributed by atoms with van der Waals surface area (Å²) < 4.78 is 11.2. The van der Waals surface area contributed by atoms with Crippen molar-refractivity contribution in [2.45, 2.75) is 72.1 Å². The molecule has 0 radical (unpaired) electrons. The minimum absolute atomic E-state index is 0.00461. The number of unbranched alkanes of at least 4 members (excludes halogenated alkanes) is 2. The molecule has 0 bridgehead atoms. The van der Waals surface area contributed by atoms with Gasteiger partial charge in [-0.1, -0.05) is 65.2 Å². The summed E-state index contributed by atoms with van der Waals surface area (Å²) in [6.07, 6.45) is 5.69. The highest BCUT2D eigenvalue weighted by molar-refractivity contribution is 5.93. The van der Waals surface area contributed by atoms with Crippen LogP contribution in [0, 0.1) is 11.3 Å². The van der Waals surface area contributed by atoms with Crippen LogP contribution in [0.15, 0.2) is 42.5 Å². The van der Waals surface area contributed by atoms with Crippen molar-refractivity contribution in [2.75, 3.05) is 26.1 Å². The first-order chi connectivity index (χ1) is 16.2. The summed E-state index contributed by atoms with van der Waals surface area (Å²) in [5.41, 5.74) is 2.69. The van der Waals surface area contributed by atoms with Crippen molar-refractivity contribution in [3.8, 4) is 11.5 Å². The molecular weight excluding hydrogens is 426 g/mol. The van der Waals surface area contributed by atoms with Crippen LogP contribution in [0.4, 0.5) is 5.69 Å². The van der Waals surface area contributed by atoms with E-state index in [1.54, 1.807) is 14.2 Å². The molecule has 0 aliphatic rings. The molecule has 0 aliphatic heterocycles. The largest absolute Gasteiger partial charge is 0.497 e. The minimum atomic E-state index is -0.263. The topological polar surface area (TPSA) is 67.8 Å². The SMILES string of the molecule is CCCCCC(c1ccc(OC)cc1OC)C(C(=O)Nc1cccc(CCCO)c1)C(C)(C)C. The number of ether oxygens (including phenoxy) is 2. The summed E-state index contributed by atoms with van der Waals surface area (Å²) in [5, 5.41) is 12.3. The van der Waals surface area contributed by atoms with Gasteiger partial charge in [0, 0.05) is 18.4 Å². The number of amides is 1.